The van der Waals surface area contributed by atoms with Gasteiger partial charge in [-0.1, -0.05) is 30.3 Å². The molecule has 2 aliphatic rings. The van der Waals surface area contributed by atoms with Crippen LogP contribution in [0, 0.1) is 0 Å². The van der Waals surface area contributed by atoms with Crippen molar-refractivity contribution in [3.63, 3.8) is 0 Å². The molecule has 0 aliphatic carbocycles. The Morgan fingerprint density at radius 2 is 2.03 bits per heavy atom. The van der Waals surface area contributed by atoms with Gasteiger partial charge in [0.1, 0.15) is 10.5 Å². The summed E-state index contributed by atoms with van der Waals surface area (Å²) in [7, 11) is 1.86. The molecule has 0 bridgehead atoms. The molecular formula is C22H24N6O2S. The Morgan fingerprint density at radius 3 is 2.81 bits per heavy atom. The van der Waals surface area contributed by atoms with Crippen LogP contribution in [0.1, 0.15) is 24.1 Å². The quantitative estimate of drug-likeness (QED) is 0.622. The van der Waals surface area contributed by atoms with Gasteiger partial charge in [0.05, 0.1) is 18.4 Å². The third-order valence-electron chi connectivity index (χ3n) is 5.89. The molecule has 2 aliphatic heterocycles. The monoisotopic (exact) mass is 436 g/mol. The molecule has 31 heavy (non-hydrogen) atoms. The number of carbonyl (C=O) groups is 2. The van der Waals surface area contributed by atoms with Crippen LogP contribution in [0.5, 0.6) is 0 Å². The number of hydrogen-bond acceptors (Lipinski definition) is 6. The largest absolute Gasteiger partial charge is 0.325 e. The van der Waals surface area contributed by atoms with Crippen molar-refractivity contribution in [3.05, 3.63) is 59.4 Å². The van der Waals surface area contributed by atoms with Gasteiger partial charge in [-0.3, -0.25) is 19.3 Å². The normalized spacial score (nSPS) is 21.8. The van der Waals surface area contributed by atoms with Gasteiger partial charge >= 0.3 is 6.03 Å². The van der Waals surface area contributed by atoms with E-state index in [2.05, 4.69) is 32.4 Å². The first-order valence-corrected chi connectivity index (χ1v) is 11.2. The molecule has 0 saturated carbocycles. The maximum Gasteiger partial charge on any atom is 0.325 e. The van der Waals surface area contributed by atoms with E-state index < -0.39 is 5.54 Å². The van der Waals surface area contributed by atoms with E-state index in [0.717, 1.165) is 30.1 Å². The number of likely N-dealkylation sites (tertiary alicyclic amines) is 1. The van der Waals surface area contributed by atoms with E-state index in [1.54, 1.807) is 10.9 Å². The van der Waals surface area contributed by atoms with Crippen molar-refractivity contribution in [1.82, 2.24) is 29.9 Å². The van der Waals surface area contributed by atoms with Gasteiger partial charge < -0.3 is 5.32 Å². The molecule has 9 heteroatoms. The number of aromatic nitrogens is 3. The molecule has 2 fully saturated rings. The SMILES string of the molecule is Cn1cc(-c2nc(CN3C(=O)NC4(CCCN(Cc5ccccc5)C4)C3=O)cs2)cn1. The average molecular weight is 437 g/mol. The number of rotatable bonds is 5. The lowest BCUT2D eigenvalue weighted by Crippen LogP contribution is -2.58. The zero-order valence-electron chi connectivity index (χ0n) is 17.3. The molecular weight excluding hydrogens is 412 g/mol. The van der Waals surface area contributed by atoms with Gasteiger partial charge in [0, 0.05) is 37.3 Å². The van der Waals surface area contributed by atoms with Crippen LogP contribution >= 0.6 is 11.3 Å². The molecule has 5 rings (SSSR count). The summed E-state index contributed by atoms with van der Waals surface area (Å²) in [4.78, 5) is 34.3. The first kappa shape index (κ1) is 19.9. The van der Waals surface area contributed by atoms with Crippen LogP contribution in [0.3, 0.4) is 0 Å². The molecule has 1 N–H and O–H groups in total. The van der Waals surface area contributed by atoms with Crippen LogP contribution in [-0.2, 0) is 24.9 Å². The summed E-state index contributed by atoms with van der Waals surface area (Å²) < 4.78 is 1.72. The number of imide groups is 1. The molecule has 4 heterocycles. The van der Waals surface area contributed by atoms with E-state index in [0.29, 0.717) is 18.7 Å². The van der Waals surface area contributed by atoms with Crippen molar-refractivity contribution in [3.8, 4) is 10.6 Å². The van der Waals surface area contributed by atoms with E-state index in [1.165, 1.54) is 21.8 Å². The van der Waals surface area contributed by atoms with E-state index in [1.807, 2.05) is 36.8 Å². The number of thiazole rings is 1. The molecule has 3 aromatic rings. The molecule has 1 aromatic carbocycles. The zero-order chi connectivity index (χ0) is 21.4. The number of hydrogen-bond donors (Lipinski definition) is 1. The number of benzene rings is 1. The average Bonchev–Trinajstić information content (AvgIpc) is 3.45. The van der Waals surface area contributed by atoms with Crippen LogP contribution in [0.25, 0.3) is 10.6 Å². The maximum absolute atomic E-state index is 13.4. The summed E-state index contributed by atoms with van der Waals surface area (Å²) >= 11 is 1.49. The van der Waals surface area contributed by atoms with Gasteiger partial charge in [0.2, 0.25) is 0 Å². The Hall–Kier alpha value is -3.04. The molecule has 1 unspecified atom stereocenters. The number of piperidine rings is 1. The third-order valence-corrected chi connectivity index (χ3v) is 6.83. The number of nitrogens with one attached hydrogen (secondary N) is 1. The minimum atomic E-state index is -0.841. The Balaban J connectivity index is 1.29. The Bertz CT molecular complexity index is 1110. The maximum atomic E-state index is 13.4. The third kappa shape index (κ3) is 3.86. The Labute approximate surface area is 184 Å². The second-order valence-electron chi connectivity index (χ2n) is 8.25. The molecule has 8 nitrogen and oxygen atoms in total. The Kier molecular flexibility index (Phi) is 5.07. The van der Waals surface area contributed by atoms with Gasteiger partial charge in [-0.15, -0.1) is 11.3 Å². The summed E-state index contributed by atoms with van der Waals surface area (Å²) in [5, 5.41) is 9.91. The van der Waals surface area contributed by atoms with Gasteiger partial charge in [-0.2, -0.15) is 5.10 Å². The molecule has 0 radical (unpaired) electrons. The molecule has 1 spiro atoms. The standard InChI is InChI=1S/C22H24N6O2S/c1-26-12-17(10-23-26)19-24-18(14-31-19)13-28-20(29)22(25-21(28)30)8-5-9-27(15-22)11-16-6-3-2-4-7-16/h2-4,6-7,10,12,14H,5,8-9,11,13,15H2,1H3,(H,25,30). The topological polar surface area (TPSA) is 83.4 Å². The fraction of sp³-hybridized carbons (Fsp3) is 0.364. The fourth-order valence-electron chi connectivity index (χ4n) is 4.42. The van der Waals surface area contributed by atoms with Gasteiger partial charge in [0.15, 0.2) is 0 Å². The lowest BCUT2D eigenvalue weighted by Gasteiger charge is -2.38. The number of nitrogens with zero attached hydrogens (tertiary/aromatic N) is 5. The second kappa shape index (κ2) is 7.90. The predicted octanol–water partition coefficient (Wildman–Crippen LogP) is 2.63. The van der Waals surface area contributed by atoms with Crippen molar-refractivity contribution in [2.75, 3.05) is 13.1 Å². The number of urea groups is 1. The second-order valence-corrected chi connectivity index (χ2v) is 9.11. The molecule has 1 atom stereocenters. The van der Waals surface area contributed by atoms with E-state index in [9.17, 15) is 9.59 Å². The Morgan fingerprint density at radius 1 is 1.19 bits per heavy atom. The minimum Gasteiger partial charge on any atom is -0.322 e. The van der Waals surface area contributed by atoms with Gasteiger partial charge in [0.25, 0.3) is 5.91 Å². The molecule has 2 aromatic heterocycles. The highest BCUT2D eigenvalue weighted by Crippen LogP contribution is 2.31. The highest BCUT2D eigenvalue weighted by Gasteiger charge is 2.52. The van der Waals surface area contributed by atoms with Crippen LogP contribution in [0.15, 0.2) is 48.1 Å². The number of aryl methyl sites for hydroxylation is 1. The first-order valence-electron chi connectivity index (χ1n) is 10.4. The summed E-state index contributed by atoms with van der Waals surface area (Å²) in [5.41, 5.74) is 2.00. The summed E-state index contributed by atoms with van der Waals surface area (Å²) in [6, 6.07) is 9.88. The molecule has 2 saturated heterocycles. The first-order chi connectivity index (χ1) is 15.0. The van der Waals surface area contributed by atoms with Crippen LogP contribution in [0.2, 0.25) is 0 Å². The molecule has 160 valence electrons. The minimum absolute atomic E-state index is 0.147. The van der Waals surface area contributed by atoms with Crippen LogP contribution < -0.4 is 5.32 Å². The van der Waals surface area contributed by atoms with E-state index in [4.69, 9.17) is 0 Å². The van der Waals surface area contributed by atoms with Crippen molar-refractivity contribution in [2.45, 2.75) is 31.5 Å². The molecule has 3 amide bonds. The van der Waals surface area contributed by atoms with Crippen molar-refractivity contribution in [1.29, 1.82) is 0 Å². The number of carbonyl (C=O) groups excluding carboxylic acids is 2. The summed E-state index contributed by atoms with van der Waals surface area (Å²) in [6.45, 7) is 2.40. The zero-order valence-corrected chi connectivity index (χ0v) is 18.1. The van der Waals surface area contributed by atoms with Gasteiger partial charge in [-0.05, 0) is 24.9 Å². The number of amides is 3. The highest BCUT2D eigenvalue weighted by atomic mass is 32.1. The smallest absolute Gasteiger partial charge is 0.322 e. The highest BCUT2D eigenvalue weighted by molar-refractivity contribution is 7.13. The van der Waals surface area contributed by atoms with Crippen molar-refractivity contribution < 1.29 is 9.59 Å². The summed E-state index contributed by atoms with van der Waals surface area (Å²) in [6.07, 6.45) is 5.19. The van der Waals surface area contributed by atoms with E-state index in [-0.39, 0.29) is 18.5 Å². The van der Waals surface area contributed by atoms with Crippen LogP contribution in [0.4, 0.5) is 4.79 Å². The van der Waals surface area contributed by atoms with Crippen LogP contribution in [-0.4, -0.2) is 55.1 Å². The lowest BCUT2D eigenvalue weighted by molar-refractivity contribution is -0.133. The van der Waals surface area contributed by atoms with Crippen molar-refractivity contribution in [2.24, 2.45) is 7.05 Å². The van der Waals surface area contributed by atoms with Gasteiger partial charge in [-0.25, -0.2) is 9.78 Å². The summed E-state index contributed by atoms with van der Waals surface area (Å²) in [5.74, 6) is -0.147. The van der Waals surface area contributed by atoms with Crippen molar-refractivity contribution >= 4 is 23.3 Å². The predicted molar refractivity (Wildman–Crippen MR) is 117 cm³/mol. The van der Waals surface area contributed by atoms with E-state index >= 15 is 0 Å². The lowest BCUT2D eigenvalue weighted by atomic mass is 9.88. The fourth-order valence-corrected chi connectivity index (χ4v) is 5.21.